The lowest BCUT2D eigenvalue weighted by Crippen LogP contribution is -2.51. The standard InChI is InChI=1S/C16H22N2O3/c17-16(12-19,15(20)21)10-13-6-8-18(9-7-13)11-14-4-2-1-3-5-14/h1-6,19H,7-12,17H2,(H,20,21). The van der Waals surface area contributed by atoms with Crippen molar-refractivity contribution in [1.29, 1.82) is 0 Å². The normalized spacial score (nSPS) is 18.9. The molecule has 0 aromatic heterocycles. The van der Waals surface area contributed by atoms with Gasteiger partial charge in [0.05, 0.1) is 6.61 Å². The highest BCUT2D eigenvalue weighted by molar-refractivity contribution is 5.79. The van der Waals surface area contributed by atoms with Gasteiger partial charge >= 0.3 is 5.97 Å². The van der Waals surface area contributed by atoms with Crippen molar-refractivity contribution in [3.05, 3.63) is 47.5 Å². The Kier molecular flexibility index (Phi) is 5.12. The lowest BCUT2D eigenvalue weighted by molar-refractivity contribution is -0.144. The van der Waals surface area contributed by atoms with Crippen LogP contribution in [0.25, 0.3) is 0 Å². The van der Waals surface area contributed by atoms with Crippen LogP contribution in [0.3, 0.4) is 0 Å². The van der Waals surface area contributed by atoms with Gasteiger partial charge in [0.1, 0.15) is 5.54 Å². The number of hydrogen-bond acceptors (Lipinski definition) is 4. The monoisotopic (exact) mass is 290 g/mol. The summed E-state index contributed by atoms with van der Waals surface area (Å²) in [5.74, 6) is -1.15. The van der Waals surface area contributed by atoms with Gasteiger partial charge in [-0.2, -0.15) is 0 Å². The number of carboxylic acids is 1. The Hall–Kier alpha value is -1.69. The molecule has 1 heterocycles. The molecule has 1 atom stereocenters. The molecule has 4 N–H and O–H groups in total. The van der Waals surface area contributed by atoms with Crippen molar-refractivity contribution >= 4 is 5.97 Å². The first kappa shape index (κ1) is 15.7. The summed E-state index contributed by atoms with van der Waals surface area (Å²) in [6.07, 6.45) is 3.03. The minimum Gasteiger partial charge on any atom is -0.480 e. The second-order valence-electron chi connectivity index (χ2n) is 5.63. The van der Waals surface area contributed by atoms with Crippen molar-refractivity contribution in [3.8, 4) is 0 Å². The van der Waals surface area contributed by atoms with Crippen LogP contribution in [0.2, 0.25) is 0 Å². The zero-order valence-electron chi connectivity index (χ0n) is 12.0. The van der Waals surface area contributed by atoms with Crippen molar-refractivity contribution in [1.82, 2.24) is 4.90 Å². The topological polar surface area (TPSA) is 86.8 Å². The summed E-state index contributed by atoms with van der Waals surface area (Å²) in [5, 5.41) is 18.3. The molecule has 0 radical (unpaired) electrons. The number of benzene rings is 1. The van der Waals surface area contributed by atoms with E-state index in [1.54, 1.807) is 0 Å². The van der Waals surface area contributed by atoms with Crippen molar-refractivity contribution < 1.29 is 15.0 Å². The number of nitrogens with two attached hydrogens (primary N) is 1. The third kappa shape index (κ3) is 4.14. The quantitative estimate of drug-likeness (QED) is 0.680. The summed E-state index contributed by atoms with van der Waals surface area (Å²) in [7, 11) is 0. The fraction of sp³-hybridized carbons (Fsp3) is 0.438. The van der Waals surface area contributed by atoms with Crippen LogP contribution in [0.15, 0.2) is 42.0 Å². The van der Waals surface area contributed by atoms with Crippen LogP contribution in [0.5, 0.6) is 0 Å². The maximum atomic E-state index is 11.1. The van der Waals surface area contributed by atoms with Gasteiger partial charge in [0.25, 0.3) is 0 Å². The molecule has 1 aliphatic rings. The zero-order chi connectivity index (χ0) is 15.3. The average molecular weight is 290 g/mol. The molecule has 5 heteroatoms. The first-order valence-corrected chi connectivity index (χ1v) is 7.11. The van der Waals surface area contributed by atoms with Crippen LogP contribution in [0, 0.1) is 0 Å². The third-order valence-corrected chi connectivity index (χ3v) is 3.89. The predicted octanol–water partition coefficient (Wildman–Crippen LogP) is 0.983. The largest absolute Gasteiger partial charge is 0.480 e. The molecule has 1 unspecified atom stereocenters. The Labute approximate surface area is 124 Å². The van der Waals surface area contributed by atoms with E-state index in [4.69, 9.17) is 10.8 Å². The van der Waals surface area contributed by atoms with E-state index in [0.29, 0.717) is 0 Å². The molecule has 0 fully saturated rings. The van der Waals surface area contributed by atoms with Crippen LogP contribution in [0.1, 0.15) is 18.4 Å². The molecule has 0 spiro atoms. The van der Waals surface area contributed by atoms with Crippen LogP contribution >= 0.6 is 0 Å². The number of carbonyl (C=O) groups is 1. The molecular weight excluding hydrogens is 268 g/mol. The fourth-order valence-electron chi connectivity index (χ4n) is 2.50. The molecule has 1 aromatic rings. The molecular formula is C16H22N2O3. The second kappa shape index (κ2) is 6.85. The Morgan fingerprint density at radius 2 is 2.05 bits per heavy atom. The molecule has 0 saturated carbocycles. The van der Waals surface area contributed by atoms with E-state index < -0.39 is 18.1 Å². The molecule has 2 rings (SSSR count). The van der Waals surface area contributed by atoms with Gasteiger partial charge in [0, 0.05) is 19.6 Å². The minimum atomic E-state index is -1.56. The van der Waals surface area contributed by atoms with E-state index in [1.165, 1.54) is 5.56 Å². The van der Waals surface area contributed by atoms with Gasteiger partial charge in [-0.1, -0.05) is 42.0 Å². The number of aliphatic carboxylic acids is 1. The average Bonchev–Trinajstić information content (AvgIpc) is 2.50. The Morgan fingerprint density at radius 3 is 2.57 bits per heavy atom. The maximum absolute atomic E-state index is 11.1. The zero-order valence-corrected chi connectivity index (χ0v) is 12.0. The summed E-state index contributed by atoms with van der Waals surface area (Å²) >= 11 is 0. The second-order valence-corrected chi connectivity index (χ2v) is 5.63. The first-order chi connectivity index (χ1) is 10.0. The Morgan fingerprint density at radius 1 is 1.33 bits per heavy atom. The van der Waals surface area contributed by atoms with Gasteiger partial charge in [-0.15, -0.1) is 0 Å². The van der Waals surface area contributed by atoms with E-state index >= 15 is 0 Å². The highest BCUT2D eigenvalue weighted by Crippen LogP contribution is 2.21. The van der Waals surface area contributed by atoms with Crippen molar-refractivity contribution in [2.75, 3.05) is 19.7 Å². The smallest absolute Gasteiger partial charge is 0.326 e. The number of nitrogens with zero attached hydrogens (tertiary/aromatic N) is 1. The maximum Gasteiger partial charge on any atom is 0.326 e. The number of hydrogen-bond donors (Lipinski definition) is 3. The summed E-state index contributed by atoms with van der Waals surface area (Å²) in [4.78, 5) is 13.4. The molecule has 0 saturated heterocycles. The highest BCUT2D eigenvalue weighted by atomic mass is 16.4. The number of carboxylic acid groups (broad SMARTS) is 1. The summed E-state index contributed by atoms with van der Waals surface area (Å²) in [6.45, 7) is 2.00. The van der Waals surface area contributed by atoms with Crippen LogP contribution in [-0.4, -0.2) is 46.3 Å². The van der Waals surface area contributed by atoms with Crippen LogP contribution in [0.4, 0.5) is 0 Å². The molecule has 0 bridgehead atoms. The van der Waals surface area contributed by atoms with Gasteiger partial charge in [0.2, 0.25) is 0 Å². The lowest BCUT2D eigenvalue weighted by atomic mass is 9.89. The van der Waals surface area contributed by atoms with E-state index in [1.807, 2.05) is 24.3 Å². The number of rotatable bonds is 6. The molecule has 0 aliphatic carbocycles. The van der Waals surface area contributed by atoms with E-state index in [0.717, 1.165) is 31.6 Å². The van der Waals surface area contributed by atoms with Gasteiger partial charge < -0.3 is 15.9 Å². The summed E-state index contributed by atoms with van der Waals surface area (Å²) < 4.78 is 0. The predicted molar refractivity (Wildman–Crippen MR) is 80.7 cm³/mol. The van der Waals surface area contributed by atoms with E-state index in [-0.39, 0.29) is 6.42 Å². The highest BCUT2D eigenvalue weighted by Gasteiger charge is 2.34. The van der Waals surface area contributed by atoms with Crippen molar-refractivity contribution in [2.24, 2.45) is 5.73 Å². The van der Waals surface area contributed by atoms with E-state index in [9.17, 15) is 9.90 Å². The van der Waals surface area contributed by atoms with Crippen LogP contribution < -0.4 is 5.73 Å². The Bertz CT molecular complexity index is 516. The molecule has 114 valence electrons. The van der Waals surface area contributed by atoms with Gasteiger partial charge in [0.15, 0.2) is 0 Å². The lowest BCUT2D eigenvalue weighted by Gasteiger charge is -2.30. The molecule has 5 nitrogen and oxygen atoms in total. The SMILES string of the molecule is NC(CO)(CC1=CCN(Cc2ccccc2)CC1)C(=O)O. The summed E-state index contributed by atoms with van der Waals surface area (Å²) in [5.41, 5.74) is 6.44. The number of aliphatic hydroxyl groups is 1. The molecule has 1 aromatic carbocycles. The molecule has 21 heavy (non-hydrogen) atoms. The molecule has 1 aliphatic heterocycles. The summed E-state index contributed by atoms with van der Waals surface area (Å²) in [6, 6.07) is 10.2. The van der Waals surface area contributed by atoms with Gasteiger partial charge in [-0.25, -0.2) is 0 Å². The number of aliphatic hydroxyl groups excluding tert-OH is 1. The van der Waals surface area contributed by atoms with Crippen LogP contribution in [-0.2, 0) is 11.3 Å². The van der Waals surface area contributed by atoms with Gasteiger partial charge in [-0.3, -0.25) is 9.69 Å². The van der Waals surface area contributed by atoms with Crippen molar-refractivity contribution in [2.45, 2.75) is 24.9 Å². The fourth-order valence-corrected chi connectivity index (χ4v) is 2.50. The van der Waals surface area contributed by atoms with E-state index in [2.05, 4.69) is 17.0 Å². The van der Waals surface area contributed by atoms with Gasteiger partial charge in [-0.05, 0) is 18.4 Å². The Balaban J connectivity index is 1.91. The third-order valence-electron chi connectivity index (χ3n) is 3.89. The first-order valence-electron chi connectivity index (χ1n) is 7.11. The minimum absolute atomic E-state index is 0.206. The van der Waals surface area contributed by atoms with Crippen molar-refractivity contribution in [3.63, 3.8) is 0 Å². The molecule has 0 amide bonds.